The number of rotatable bonds is 4. The van der Waals surface area contributed by atoms with Gasteiger partial charge in [0.2, 0.25) is 0 Å². The highest BCUT2D eigenvalue weighted by Crippen LogP contribution is 2.30. The predicted octanol–water partition coefficient (Wildman–Crippen LogP) is 2.26. The van der Waals surface area contributed by atoms with E-state index in [1.807, 2.05) is 48.5 Å². The van der Waals surface area contributed by atoms with Crippen LogP contribution in [0.25, 0.3) is 0 Å². The molecule has 0 saturated carbocycles. The van der Waals surface area contributed by atoms with Gasteiger partial charge in [0, 0.05) is 9.79 Å². The van der Waals surface area contributed by atoms with Gasteiger partial charge < -0.3 is 5.11 Å². The molecule has 2 rings (SSSR count). The van der Waals surface area contributed by atoms with Crippen molar-refractivity contribution in [3.05, 3.63) is 54.1 Å². The molecule has 0 saturated heterocycles. The molecule has 0 aliphatic carbocycles. The largest absolute Gasteiger partial charge is 0.481 e. The molecule has 18 heavy (non-hydrogen) atoms. The Morgan fingerprint density at radius 1 is 1.11 bits per heavy atom. The molecule has 1 N–H and O–H groups in total. The summed E-state index contributed by atoms with van der Waals surface area (Å²) in [5.41, 5.74) is 1.55. The summed E-state index contributed by atoms with van der Waals surface area (Å²) in [6.07, 6.45) is 0.0398. The van der Waals surface area contributed by atoms with Crippen LogP contribution in [0.5, 0.6) is 0 Å². The van der Waals surface area contributed by atoms with Crippen molar-refractivity contribution in [1.29, 1.82) is 0 Å². The summed E-state index contributed by atoms with van der Waals surface area (Å²) in [5, 5.41) is 8.87. The van der Waals surface area contributed by atoms with Gasteiger partial charge in [-0.1, -0.05) is 47.6 Å². The molecule has 0 spiro atoms. The van der Waals surface area contributed by atoms with Crippen molar-refractivity contribution in [2.75, 3.05) is 0 Å². The predicted molar refractivity (Wildman–Crippen MR) is 73.7 cm³/mol. The molecule has 4 heteroatoms. The van der Waals surface area contributed by atoms with Gasteiger partial charge in [-0.15, -0.1) is 0 Å². The maximum absolute atomic E-state index is 10.8. The third-order valence-corrected chi connectivity index (χ3v) is 3.55. The first-order valence-electron chi connectivity index (χ1n) is 5.48. The average Bonchev–Trinajstić information content (AvgIpc) is 2.34. The van der Waals surface area contributed by atoms with E-state index in [1.54, 1.807) is 11.8 Å². The normalized spacial score (nSPS) is 10.2. The molecule has 0 fully saturated rings. The molecule has 0 heterocycles. The van der Waals surface area contributed by atoms with Crippen LogP contribution < -0.4 is 5.46 Å². The van der Waals surface area contributed by atoms with Crippen molar-refractivity contribution in [2.24, 2.45) is 0 Å². The van der Waals surface area contributed by atoms with Crippen LogP contribution >= 0.6 is 11.8 Å². The Balaban J connectivity index is 2.23. The standard InChI is InChI=1S/C14H11BO2S/c15-11-5-7-12(8-6-11)18-13-4-2-1-3-10(13)9-14(16)17/h1-8H,9H2,(H,16,17). The van der Waals surface area contributed by atoms with Crippen molar-refractivity contribution in [3.63, 3.8) is 0 Å². The second-order valence-corrected chi connectivity index (χ2v) is 4.96. The highest BCUT2D eigenvalue weighted by atomic mass is 32.2. The van der Waals surface area contributed by atoms with Crippen LogP contribution in [0.1, 0.15) is 5.56 Å². The zero-order chi connectivity index (χ0) is 13.0. The van der Waals surface area contributed by atoms with E-state index < -0.39 is 5.97 Å². The minimum Gasteiger partial charge on any atom is -0.481 e. The molecule has 88 valence electrons. The van der Waals surface area contributed by atoms with Crippen molar-refractivity contribution in [3.8, 4) is 0 Å². The van der Waals surface area contributed by atoms with Gasteiger partial charge >= 0.3 is 5.97 Å². The summed E-state index contributed by atoms with van der Waals surface area (Å²) in [4.78, 5) is 12.8. The van der Waals surface area contributed by atoms with Crippen LogP contribution in [0, 0.1) is 0 Å². The Hall–Kier alpha value is -1.68. The monoisotopic (exact) mass is 254 g/mol. The lowest BCUT2D eigenvalue weighted by Crippen LogP contribution is -2.01. The van der Waals surface area contributed by atoms with Crippen LogP contribution in [-0.2, 0) is 11.2 Å². The Labute approximate surface area is 111 Å². The summed E-state index contributed by atoms with van der Waals surface area (Å²) >= 11 is 1.55. The minimum atomic E-state index is -0.819. The number of benzene rings is 2. The summed E-state index contributed by atoms with van der Waals surface area (Å²) < 4.78 is 0. The average molecular weight is 254 g/mol. The topological polar surface area (TPSA) is 37.3 Å². The fourth-order valence-corrected chi connectivity index (χ4v) is 2.52. The van der Waals surface area contributed by atoms with Crippen molar-refractivity contribution < 1.29 is 9.90 Å². The molecule has 0 atom stereocenters. The fraction of sp³-hybridized carbons (Fsp3) is 0.0714. The van der Waals surface area contributed by atoms with E-state index in [-0.39, 0.29) is 6.42 Å². The molecule has 0 aromatic heterocycles. The second kappa shape index (κ2) is 5.78. The lowest BCUT2D eigenvalue weighted by molar-refractivity contribution is -0.136. The highest BCUT2D eigenvalue weighted by Gasteiger charge is 2.07. The van der Waals surface area contributed by atoms with Gasteiger partial charge in [0.05, 0.1) is 6.42 Å². The number of carbonyl (C=O) groups is 1. The van der Waals surface area contributed by atoms with Crippen LogP contribution in [0.2, 0.25) is 0 Å². The van der Waals surface area contributed by atoms with E-state index in [0.717, 1.165) is 20.8 Å². The van der Waals surface area contributed by atoms with E-state index in [1.165, 1.54) is 0 Å². The van der Waals surface area contributed by atoms with E-state index in [9.17, 15) is 4.79 Å². The molecule has 2 aromatic rings. The fourth-order valence-electron chi connectivity index (χ4n) is 1.58. The van der Waals surface area contributed by atoms with Crippen molar-refractivity contribution in [2.45, 2.75) is 16.2 Å². The summed E-state index contributed by atoms with van der Waals surface area (Å²) in [6.45, 7) is 0. The molecule has 2 aromatic carbocycles. The summed E-state index contributed by atoms with van der Waals surface area (Å²) in [7, 11) is 5.63. The van der Waals surface area contributed by atoms with Gasteiger partial charge in [0.15, 0.2) is 0 Å². The van der Waals surface area contributed by atoms with Crippen LogP contribution in [0.4, 0.5) is 0 Å². The molecular formula is C14H11BO2S. The Bertz CT molecular complexity index is 552. The number of aliphatic carboxylic acids is 1. The first kappa shape index (κ1) is 12.8. The third kappa shape index (κ3) is 3.41. The molecular weight excluding hydrogens is 243 g/mol. The number of hydrogen-bond donors (Lipinski definition) is 1. The van der Waals surface area contributed by atoms with Gasteiger partial charge in [-0.3, -0.25) is 4.79 Å². The highest BCUT2D eigenvalue weighted by molar-refractivity contribution is 7.99. The summed E-state index contributed by atoms with van der Waals surface area (Å²) in [5.74, 6) is -0.819. The smallest absolute Gasteiger partial charge is 0.307 e. The van der Waals surface area contributed by atoms with E-state index in [2.05, 4.69) is 0 Å². The van der Waals surface area contributed by atoms with Crippen molar-refractivity contribution >= 4 is 31.0 Å². The lowest BCUT2D eigenvalue weighted by atomic mass is 9.97. The summed E-state index contributed by atoms with van der Waals surface area (Å²) in [6, 6.07) is 15.1. The molecule has 0 amide bonds. The lowest BCUT2D eigenvalue weighted by Gasteiger charge is -2.07. The van der Waals surface area contributed by atoms with E-state index in [0.29, 0.717) is 0 Å². The number of carboxylic acid groups (broad SMARTS) is 1. The van der Waals surface area contributed by atoms with Crippen LogP contribution in [0.15, 0.2) is 58.3 Å². The minimum absolute atomic E-state index is 0.0398. The van der Waals surface area contributed by atoms with E-state index in [4.69, 9.17) is 13.0 Å². The first-order valence-corrected chi connectivity index (χ1v) is 6.30. The maximum atomic E-state index is 10.8. The van der Waals surface area contributed by atoms with Crippen molar-refractivity contribution in [1.82, 2.24) is 0 Å². The molecule has 0 bridgehead atoms. The van der Waals surface area contributed by atoms with Gasteiger partial charge in [-0.2, -0.15) is 0 Å². The Morgan fingerprint density at radius 3 is 2.44 bits per heavy atom. The van der Waals surface area contributed by atoms with Gasteiger partial charge in [0.1, 0.15) is 7.85 Å². The molecule has 0 aliphatic heterocycles. The molecule has 2 nitrogen and oxygen atoms in total. The van der Waals surface area contributed by atoms with E-state index >= 15 is 0 Å². The Kier molecular flexibility index (Phi) is 4.10. The SMILES string of the molecule is [B]c1ccc(Sc2ccccc2CC(=O)O)cc1. The molecule has 0 aliphatic rings. The maximum Gasteiger partial charge on any atom is 0.307 e. The zero-order valence-corrected chi connectivity index (χ0v) is 10.5. The quantitative estimate of drug-likeness (QED) is 0.850. The second-order valence-electron chi connectivity index (χ2n) is 3.85. The van der Waals surface area contributed by atoms with Crippen LogP contribution in [-0.4, -0.2) is 18.9 Å². The molecule has 0 unspecified atom stereocenters. The zero-order valence-electron chi connectivity index (χ0n) is 9.67. The Morgan fingerprint density at radius 2 is 1.78 bits per heavy atom. The van der Waals surface area contributed by atoms with Gasteiger partial charge in [0.25, 0.3) is 0 Å². The van der Waals surface area contributed by atoms with Crippen LogP contribution in [0.3, 0.4) is 0 Å². The van der Waals surface area contributed by atoms with Gasteiger partial charge in [-0.25, -0.2) is 0 Å². The molecule has 2 radical (unpaired) electrons. The third-order valence-electron chi connectivity index (χ3n) is 2.42. The number of carboxylic acids is 1. The first-order chi connectivity index (χ1) is 8.65. The number of hydrogen-bond acceptors (Lipinski definition) is 2. The van der Waals surface area contributed by atoms with Gasteiger partial charge in [-0.05, 0) is 23.8 Å².